The van der Waals surface area contributed by atoms with E-state index in [2.05, 4.69) is 24.3 Å². The van der Waals surface area contributed by atoms with Gasteiger partial charge in [-0.25, -0.2) is 0 Å². The van der Waals surface area contributed by atoms with E-state index < -0.39 is 0 Å². The van der Waals surface area contributed by atoms with Crippen LogP contribution in [0.3, 0.4) is 0 Å². The van der Waals surface area contributed by atoms with Crippen molar-refractivity contribution < 1.29 is 4.74 Å². The van der Waals surface area contributed by atoms with Crippen LogP contribution in [0.15, 0.2) is 24.3 Å². The topological polar surface area (TPSA) is 35.2 Å². The van der Waals surface area contributed by atoms with Crippen molar-refractivity contribution in [3.8, 4) is 0 Å². The van der Waals surface area contributed by atoms with Gasteiger partial charge in [0, 0.05) is 18.6 Å². The molecule has 0 spiro atoms. The average molecular weight is 231 g/mol. The molecule has 3 unspecified atom stereocenters. The molecule has 1 aliphatic carbocycles. The summed E-state index contributed by atoms with van der Waals surface area (Å²) in [6, 6.07) is 9.01. The fourth-order valence-corrected chi connectivity index (χ4v) is 3.13. The molecule has 1 aromatic carbocycles. The third kappa shape index (κ3) is 2.24. The quantitative estimate of drug-likeness (QED) is 0.864. The fourth-order valence-electron chi connectivity index (χ4n) is 3.13. The Morgan fingerprint density at radius 3 is 3.00 bits per heavy atom. The van der Waals surface area contributed by atoms with Gasteiger partial charge < -0.3 is 10.5 Å². The highest BCUT2D eigenvalue weighted by Gasteiger charge is 2.31. The van der Waals surface area contributed by atoms with E-state index in [0.717, 1.165) is 19.4 Å². The zero-order valence-electron chi connectivity index (χ0n) is 10.3. The zero-order valence-corrected chi connectivity index (χ0v) is 10.3. The molecule has 1 heterocycles. The zero-order chi connectivity index (χ0) is 11.7. The molecule has 2 N–H and O–H groups in total. The van der Waals surface area contributed by atoms with Crippen molar-refractivity contribution in [2.75, 3.05) is 6.61 Å². The monoisotopic (exact) mass is 231 g/mol. The van der Waals surface area contributed by atoms with Crippen LogP contribution in [0.4, 0.5) is 0 Å². The molecule has 0 amide bonds. The summed E-state index contributed by atoms with van der Waals surface area (Å²) in [5.74, 6) is 0.590. The maximum atomic E-state index is 6.32. The maximum Gasteiger partial charge on any atom is 0.0576 e. The van der Waals surface area contributed by atoms with E-state index in [-0.39, 0.29) is 0 Å². The molecule has 2 aliphatic rings. The SMILES string of the molecule is NC(CCC1CCCO1)C1Cc2ccccc21. The first-order chi connectivity index (χ1) is 8.34. The number of hydrogen-bond donors (Lipinski definition) is 1. The highest BCUT2D eigenvalue weighted by molar-refractivity contribution is 5.41. The first kappa shape index (κ1) is 11.2. The van der Waals surface area contributed by atoms with Gasteiger partial charge in [-0.05, 0) is 43.2 Å². The third-order valence-corrected chi connectivity index (χ3v) is 4.26. The second-order valence-electron chi connectivity index (χ2n) is 5.39. The molecule has 1 saturated heterocycles. The molecule has 3 atom stereocenters. The smallest absolute Gasteiger partial charge is 0.0576 e. The van der Waals surface area contributed by atoms with Crippen LogP contribution in [0.1, 0.15) is 42.7 Å². The van der Waals surface area contributed by atoms with Gasteiger partial charge in [-0.15, -0.1) is 0 Å². The van der Waals surface area contributed by atoms with Crippen molar-refractivity contribution in [3.63, 3.8) is 0 Å². The predicted molar refractivity (Wildman–Crippen MR) is 69.1 cm³/mol. The van der Waals surface area contributed by atoms with E-state index in [9.17, 15) is 0 Å². The largest absolute Gasteiger partial charge is 0.378 e. The summed E-state index contributed by atoms with van der Waals surface area (Å²) in [5.41, 5.74) is 9.29. The Hall–Kier alpha value is -0.860. The second-order valence-corrected chi connectivity index (χ2v) is 5.39. The molecular weight excluding hydrogens is 210 g/mol. The predicted octanol–water partition coefficient (Wildman–Crippen LogP) is 2.61. The number of benzene rings is 1. The highest BCUT2D eigenvalue weighted by Crippen LogP contribution is 2.38. The lowest BCUT2D eigenvalue weighted by molar-refractivity contribution is 0.0996. The van der Waals surface area contributed by atoms with E-state index in [1.165, 1.54) is 30.4 Å². The van der Waals surface area contributed by atoms with E-state index >= 15 is 0 Å². The summed E-state index contributed by atoms with van der Waals surface area (Å²) in [6.45, 7) is 0.951. The number of rotatable bonds is 4. The lowest BCUT2D eigenvalue weighted by atomic mass is 9.72. The van der Waals surface area contributed by atoms with Crippen LogP contribution in [-0.2, 0) is 11.2 Å². The molecule has 17 heavy (non-hydrogen) atoms. The lowest BCUT2D eigenvalue weighted by Crippen LogP contribution is -2.36. The van der Waals surface area contributed by atoms with Crippen LogP contribution >= 0.6 is 0 Å². The van der Waals surface area contributed by atoms with Crippen molar-refractivity contribution in [1.29, 1.82) is 0 Å². The van der Waals surface area contributed by atoms with Crippen molar-refractivity contribution in [3.05, 3.63) is 35.4 Å². The second kappa shape index (κ2) is 4.79. The molecule has 1 fully saturated rings. The van der Waals surface area contributed by atoms with Gasteiger partial charge >= 0.3 is 0 Å². The summed E-state index contributed by atoms with van der Waals surface area (Å²) in [7, 11) is 0. The van der Waals surface area contributed by atoms with Crippen molar-refractivity contribution in [2.45, 2.75) is 50.2 Å². The Morgan fingerprint density at radius 1 is 1.35 bits per heavy atom. The minimum atomic E-state index is 0.314. The minimum absolute atomic E-state index is 0.314. The van der Waals surface area contributed by atoms with Gasteiger partial charge in [-0.3, -0.25) is 0 Å². The molecule has 0 radical (unpaired) electrons. The molecule has 3 rings (SSSR count). The summed E-state index contributed by atoms with van der Waals surface area (Å²) >= 11 is 0. The Balaban J connectivity index is 1.52. The maximum absolute atomic E-state index is 6.32. The van der Waals surface area contributed by atoms with Crippen LogP contribution in [0, 0.1) is 0 Å². The van der Waals surface area contributed by atoms with Crippen LogP contribution in [0.2, 0.25) is 0 Å². The summed E-state index contributed by atoms with van der Waals surface area (Å²) < 4.78 is 5.65. The third-order valence-electron chi connectivity index (χ3n) is 4.26. The van der Waals surface area contributed by atoms with Crippen LogP contribution in [0.25, 0.3) is 0 Å². The number of fused-ring (bicyclic) bond motifs is 1. The molecule has 2 nitrogen and oxygen atoms in total. The average Bonchev–Trinajstić information content (AvgIpc) is 2.81. The summed E-state index contributed by atoms with van der Waals surface area (Å²) in [6.07, 6.45) is 6.35. The van der Waals surface area contributed by atoms with Gasteiger partial charge in [0.25, 0.3) is 0 Å². The molecule has 92 valence electrons. The Morgan fingerprint density at radius 2 is 2.24 bits per heavy atom. The molecule has 1 aliphatic heterocycles. The van der Waals surface area contributed by atoms with E-state index in [1.54, 1.807) is 0 Å². The molecule has 0 bridgehead atoms. The van der Waals surface area contributed by atoms with Gasteiger partial charge in [0.1, 0.15) is 0 Å². The van der Waals surface area contributed by atoms with E-state index in [1.807, 2.05) is 0 Å². The molecule has 0 aromatic heterocycles. The van der Waals surface area contributed by atoms with Crippen molar-refractivity contribution in [2.24, 2.45) is 5.73 Å². The summed E-state index contributed by atoms with van der Waals surface area (Å²) in [5, 5.41) is 0. The molecule has 2 heteroatoms. The van der Waals surface area contributed by atoms with Crippen molar-refractivity contribution in [1.82, 2.24) is 0 Å². The van der Waals surface area contributed by atoms with Gasteiger partial charge in [-0.1, -0.05) is 24.3 Å². The normalized spacial score (nSPS) is 28.5. The van der Waals surface area contributed by atoms with Crippen LogP contribution in [0.5, 0.6) is 0 Å². The molecular formula is C15H21NO. The minimum Gasteiger partial charge on any atom is -0.378 e. The van der Waals surface area contributed by atoms with E-state index in [4.69, 9.17) is 10.5 Å². The van der Waals surface area contributed by atoms with E-state index in [0.29, 0.717) is 18.1 Å². The highest BCUT2D eigenvalue weighted by atomic mass is 16.5. The number of hydrogen-bond acceptors (Lipinski definition) is 2. The first-order valence-corrected chi connectivity index (χ1v) is 6.79. The fraction of sp³-hybridized carbons (Fsp3) is 0.600. The lowest BCUT2D eigenvalue weighted by Gasteiger charge is -2.35. The van der Waals surface area contributed by atoms with Gasteiger partial charge in [0.05, 0.1) is 6.10 Å². The summed E-state index contributed by atoms with van der Waals surface area (Å²) in [4.78, 5) is 0. The molecule has 1 aromatic rings. The van der Waals surface area contributed by atoms with Crippen LogP contribution < -0.4 is 5.73 Å². The number of ether oxygens (including phenoxy) is 1. The standard InChI is InChI=1S/C15H21NO/c16-15(8-7-12-5-3-9-17-12)14-10-11-4-1-2-6-13(11)14/h1-2,4,6,12,14-15H,3,5,7-10,16H2. The Kier molecular flexibility index (Phi) is 3.17. The van der Waals surface area contributed by atoms with Gasteiger partial charge in [-0.2, -0.15) is 0 Å². The van der Waals surface area contributed by atoms with Gasteiger partial charge in [0.15, 0.2) is 0 Å². The first-order valence-electron chi connectivity index (χ1n) is 6.79. The Labute approximate surface area is 103 Å². The molecule has 0 saturated carbocycles. The Bertz CT molecular complexity index is 384. The van der Waals surface area contributed by atoms with Crippen molar-refractivity contribution >= 4 is 0 Å². The van der Waals surface area contributed by atoms with Crippen LogP contribution in [-0.4, -0.2) is 18.8 Å². The number of nitrogens with two attached hydrogens (primary N) is 1. The van der Waals surface area contributed by atoms with Gasteiger partial charge in [0.2, 0.25) is 0 Å².